The lowest BCUT2D eigenvalue weighted by atomic mass is 9.90. The van der Waals surface area contributed by atoms with Crippen LogP contribution in [0.15, 0.2) is 42.7 Å². The first kappa shape index (κ1) is 19.1. The van der Waals surface area contributed by atoms with Gasteiger partial charge in [0.2, 0.25) is 9.58 Å². The molecule has 0 radical (unpaired) electrons. The minimum absolute atomic E-state index is 0.427. The second-order valence-corrected chi connectivity index (χ2v) is 9.06. The molecule has 3 aromatic rings. The van der Waals surface area contributed by atoms with E-state index in [-0.39, 0.29) is 0 Å². The van der Waals surface area contributed by atoms with E-state index < -0.39 is 10.8 Å². The quantitative estimate of drug-likeness (QED) is 0.500. The lowest BCUT2D eigenvalue weighted by molar-refractivity contribution is 0.221. The zero-order valence-electron chi connectivity index (χ0n) is 16.7. The van der Waals surface area contributed by atoms with Crippen LogP contribution in [0, 0.1) is 11.8 Å². The highest BCUT2D eigenvalue weighted by molar-refractivity contribution is 7.33. The summed E-state index contributed by atoms with van der Waals surface area (Å²) in [7, 11) is 3.06. The largest absolute Gasteiger partial charge is 0.589 e. The number of hydrogen-bond donors (Lipinski definition) is 1. The molecule has 1 N–H and O–H groups in total. The van der Waals surface area contributed by atoms with Crippen molar-refractivity contribution in [3.8, 4) is 17.5 Å². The van der Waals surface area contributed by atoms with Crippen LogP contribution in [0.5, 0.6) is 0 Å². The van der Waals surface area contributed by atoms with Crippen LogP contribution in [0.2, 0.25) is 0 Å². The van der Waals surface area contributed by atoms with E-state index in [2.05, 4.69) is 54.4 Å². The molecule has 1 aliphatic rings. The Morgan fingerprint density at radius 2 is 1.82 bits per heavy atom. The molecule has 0 aliphatic heterocycles. The van der Waals surface area contributed by atoms with Crippen LogP contribution >= 0.6 is 10.8 Å². The molecule has 0 amide bonds. The zero-order chi connectivity index (χ0) is 19.7. The Morgan fingerprint density at radius 3 is 2.46 bits per heavy atom. The fourth-order valence-electron chi connectivity index (χ4n) is 4.26. The highest BCUT2D eigenvalue weighted by Crippen LogP contribution is 2.44. The summed E-state index contributed by atoms with van der Waals surface area (Å²) in [6.45, 7) is 1.79. The maximum Gasteiger partial charge on any atom is 0.248 e. The van der Waals surface area contributed by atoms with Gasteiger partial charge < -0.3 is 19.3 Å². The number of thiophene rings is 1. The van der Waals surface area contributed by atoms with Gasteiger partial charge in [-0.25, -0.2) is 0 Å². The van der Waals surface area contributed by atoms with E-state index in [4.69, 9.17) is 0 Å². The highest BCUT2D eigenvalue weighted by atomic mass is 32.2. The molecule has 1 fully saturated rings. The van der Waals surface area contributed by atoms with Crippen LogP contribution in [-0.4, -0.2) is 40.2 Å². The summed E-state index contributed by atoms with van der Waals surface area (Å²) >= 11 is 0. The molecule has 1 atom stereocenters. The van der Waals surface area contributed by atoms with Gasteiger partial charge in [-0.2, -0.15) is 0 Å². The van der Waals surface area contributed by atoms with Gasteiger partial charge in [-0.05, 0) is 87.6 Å². The minimum Gasteiger partial charge on any atom is -0.589 e. The minimum atomic E-state index is -1.27. The van der Waals surface area contributed by atoms with Gasteiger partial charge in [0.25, 0.3) is 0 Å². The Kier molecular flexibility index (Phi) is 5.45. The molecule has 4 nitrogen and oxygen atoms in total. The van der Waals surface area contributed by atoms with Crippen molar-refractivity contribution in [1.29, 1.82) is 0 Å². The normalized spacial score (nSPS) is 20.2. The molecular weight excluding hydrogens is 366 g/mol. The summed E-state index contributed by atoms with van der Waals surface area (Å²) < 4.78 is 16.3. The predicted molar refractivity (Wildman–Crippen MR) is 118 cm³/mol. The summed E-state index contributed by atoms with van der Waals surface area (Å²) in [4.78, 5) is 3.02. The fourth-order valence-corrected chi connectivity index (χ4v) is 5.75. The van der Waals surface area contributed by atoms with Crippen molar-refractivity contribution in [3.05, 3.63) is 47.6 Å². The van der Waals surface area contributed by atoms with Crippen molar-refractivity contribution >= 4 is 26.5 Å². The number of nitrogens with zero attached hydrogens (tertiary/aromatic N) is 2. The van der Waals surface area contributed by atoms with Gasteiger partial charge in [0.15, 0.2) is 0 Å². The Bertz CT molecular complexity index is 1020. The van der Waals surface area contributed by atoms with Gasteiger partial charge >= 0.3 is 0 Å². The van der Waals surface area contributed by atoms with Crippen LogP contribution in [-0.2, 0) is 0 Å². The van der Waals surface area contributed by atoms with E-state index in [1.54, 1.807) is 6.92 Å². The molecule has 2 aromatic heterocycles. The maximum atomic E-state index is 13.4. The second kappa shape index (κ2) is 8.00. The van der Waals surface area contributed by atoms with E-state index in [0.717, 1.165) is 34.3 Å². The van der Waals surface area contributed by atoms with Gasteiger partial charge in [-0.3, -0.25) is 0 Å². The highest BCUT2D eigenvalue weighted by Gasteiger charge is 2.27. The summed E-state index contributed by atoms with van der Waals surface area (Å²) in [6, 6.07) is 11.2. The maximum absolute atomic E-state index is 13.4. The monoisotopic (exact) mass is 393 g/mol. The molecule has 4 rings (SSSR count). The van der Waals surface area contributed by atoms with Crippen LogP contribution in [0.4, 0.5) is 5.69 Å². The first-order valence-corrected chi connectivity index (χ1v) is 11.0. The molecule has 0 saturated heterocycles. The van der Waals surface area contributed by atoms with Crippen molar-refractivity contribution in [2.24, 2.45) is 0 Å². The van der Waals surface area contributed by atoms with Crippen LogP contribution in [0.1, 0.15) is 37.5 Å². The predicted octanol–water partition coefficient (Wildman–Crippen LogP) is 5.01. The van der Waals surface area contributed by atoms with Crippen molar-refractivity contribution < 1.29 is 4.55 Å². The number of hydrogen-bond acceptors (Lipinski definition) is 3. The fraction of sp³-hybridized carbons (Fsp3) is 0.391. The number of aromatic nitrogens is 1. The molecule has 0 bridgehead atoms. The molecule has 146 valence electrons. The van der Waals surface area contributed by atoms with Crippen molar-refractivity contribution in [3.63, 3.8) is 0 Å². The lowest BCUT2D eigenvalue weighted by Crippen LogP contribution is -2.36. The van der Waals surface area contributed by atoms with E-state index >= 15 is 0 Å². The van der Waals surface area contributed by atoms with Gasteiger partial charge in [0.05, 0.1) is 11.1 Å². The molecule has 1 aliphatic carbocycles. The number of benzene rings is 1. The summed E-state index contributed by atoms with van der Waals surface area (Å²) in [5.74, 6) is 6.05. The Morgan fingerprint density at radius 1 is 1.11 bits per heavy atom. The van der Waals surface area contributed by atoms with Crippen LogP contribution in [0.25, 0.3) is 15.8 Å². The van der Waals surface area contributed by atoms with Gasteiger partial charge in [0.1, 0.15) is 5.69 Å². The zero-order valence-corrected chi connectivity index (χ0v) is 17.6. The van der Waals surface area contributed by atoms with E-state index in [1.165, 1.54) is 12.8 Å². The number of anilines is 1. The van der Waals surface area contributed by atoms with Crippen molar-refractivity contribution in [2.75, 3.05) is 19.4 Å². The molecule has 0 spiro atoms. The van der Waals surface area contributed by atoms with Gasteiger partial charge in [0, 0.05) is 24.5 Å². The van der Waals surface area contributed by atoms with Crippen LogP contribution < -0.4 is 5.32 Å². The third-order valence-corrected chi connectivity index (χ3v) is 7.22. The first-order valence-electron chi connectivity index (χ1n) is 9.88. The van der Waals surface area contributed by atoms with Crippen molar-refractivity contribution in [1.82, 2.24) is 9.47 Å². The molecule has 1 unspecified atom stereocenters. The third kappa shape index (κ3) is 3.44. The molecule has 5 heteroatoms. The lowest BCUT2D eigenvalue weighted by Gasteiger charge is -2.33. The van der Waals surface area contributed by atoms with E-state index in [0.29, 0.717) is 17.0 Å². The van der Waals surface area contributed by atoms with E-state index in [9.17, 15) is 4.55 Å². The van der Waals surface area contributed by atoms with Gasteiger partial charge in [-0.15, -0.1) is 0 Å². The molecule has 1 saturated carbocycles. The standard InChI is InChI=1S/C23H27N3OS/c1-4-8-21-22(26-15-5-6-16-26)19-9-7-10-20(23(19)28(21)27)24-17-11-13-18(14-12-17)25(2)3/h5-7,9-10,15-18,24H,11-14H2,1-3H3. The summed E-state index contributed by atoms with van der Waals surface area (Å²) in [6.07, 6.45) is 8.64. The first-order chi connectivity index (χ1) is 13.6. The molecule has 2 heterocycles. The Balaban J connectivity index is 1.73. The summed E-state index contributed by atoms with van der Waals surface area (Å²) in [5, 5.41) is 4.72. The molecule has 28 heavy (non-hydrogen) atoms. The average molecular weight is 394 g/mol. The number of nitrogens with one attached hydrogen (secondary N) is 1. The second-order valence-electron chi connectivity index (χ2n) is 7.71. The van der Waals surface area contributed by atoms with E-state index in [1.807, 2.05) is 29.1 Å². The Labute approximate surface area is 170 Å². The molecular formula is C23H27N3OS. The van der Waals surface area contributed by atoms with Gasteiger partial charge in [-0.1, -0.05) is 12.0 Å². The number of rotatable bonds is 4. The third-order valence-electron chi connectivity index (χ3n) is 5.74. The molecule has 1 aromatic carbocycles. The smallest absolute Gasteiger partial charge is 0.248 e. The van der Waals surface area contributed by atoms with Crippen molar-refractivity contribution in [2.45, 2.75) is 44.7 Å². The van der Waals surface area contributed by atoms with Crippen LogP contribution in [0.3, 0.4) is 0 Å². The Hall–Kier alpha value is -2.26. The summed E-state index contributed by atoms with van der Waals surface area (Å²) in [5.41, 5.74) is 1.93. The average Bonchev–Trinajstić information content (AvgIpc) is 3.30. The number of fused-ring (bicyclic) bond motifs is 1. The topological polar surface area (TPSA) is 43.3 Å². The SMILES string of the molecule is CC#Cc1c(-n2cccc2)c2cccc(NC3CCC(N(C)C)CC3)c2[s+]1[O-].